The van der Waals surface area contributed by atoms with Gasteiger partial charge in [-0.2, -0.15) is 0 Å². The zero-order chi connectivity index (χ0) is 20.8. The van der Waals surface area contributed by atoms with E-state index in [0.29, 0.717) is 35.1 Å². The van der Waals surface area contributed by atoms with Crippen molar-refractivity contribution in [2.75, 3.05) is 44.3 Å². The van der Waals surface area contributed by atoms with E-state index in [-0.39, 0.29) is 17.6 Å². The van der Waals surface area contributed by atoms with Gasteiger partial charge in [0, 0.05) is 30.6 Å². The number of fused-ring (bicyclic) bond motifs is 1. The van der Waals surface area contributed by atoms with Crippen molar-refractivity contribution >= 4 is 17.4 Å². The molecule has 30 heavy (non-hydrogen) atoms. The summed E-state index contributed by atoms with van der Waals surface area (Å²) in [5.41, 5.74) is 7.93. The van der Waals surface area contributed by atoms with Gasteiger partial charge in [-0.25, -0.2) is 9.37 Å². The number of amides is 1. The van der Waals surface area contributed by atoms with E-state index in [4.69, 9.17) is 5.73 Å². The predicted octanol–water partition coefficient (Wildman–Crippen LogP) is 2.68. The quantitative estimate of drug-likeness (QED) is 0.812. The fourth-order valence-electron chi connectivity index (χ4n) is 5.16. The van der Waals surface area contributed by atoms with Gasteiger partial charge in [-0.1, -0.05) is 0 Å². The first-order chi connectivity index (χ1) is 14.5. The molecule has 1 amide bonds. The molecule has 0 spiro atoms. The van der Waals surface area contributed by atoms with Crippen molar-refractivity contribution in [3.63, 3.8) is 0 Å². The maximum absolute atomic E-state index is 13.2. The lowest BCUT2D eigenvalue weighted by atomic mass is 10.0. The van der Waals surface area contributed by atoms with E-state index >= 15 is 0 Å². The second-order valence-corrected chi connectivity index (χ2v) is 8.97. The van der Waals surface area contributed by atoms with Crippen LogP contribution in [-0.2, 0) is 4.79 Å². The Hall–Kier alpha value is -2.51. The zero-order valence-electron chi connectivity index (χ0n) is 17.2. The molecule has 158 valence electrons. The average molecular weight is 410 g/mol. The molecule has 5 rings (SSSR count). The van der Waals surface area contributed by atoms with Crippen LogP contribution in [0.15, 0.2) is 36.4 Å². The molecular weight excluding hydrogens is 381 g/mol. The molecule has 3 fully saturated rings. The number of hydrogen-bond acceptors (Lipinski definition) is 5. The van der Waals surface area contributed by atoms with Crippen molar-refractivity contribution in [1.82, 2.24) is 14.8 Å². The molecule has 0 radical (unpaired) electrons. The second-order valence-electron chi connectivity index (χ2n) is 8.97. The first-order valence-electron chi connectivity index (χ1n) is 10.8. The van der Waals surface area contributed by atoms with E-state index < -0.39 is 0 Å². The third-order valence-corrected chi connectivity index (χ3v) is 7.04. The number of piperidine rings is 2. The van der Waals surface area contributed by atoms with Gasteiger partial charge >= 0.3 is 0 Å². The summed E-state index contributed by atoms with van der Waals surface area (Å²) >= 11 is 0. The molecule has 3 heterocycles. The standard InChI is InChI=1S/C23H28FN5O/c1-28-10-8-16(9-11-28)29-12-17-18(13-29)21(17)23(30)27-22-19(25)6-7-20(26-22)14-2-4-15(24)5-3-14/h2-7,16-18,21H,8-13,25H2,1H3,(H,26,27,30)/t17-,18+,21+. The van der Waals surface area contributed by atoms with Crippen molar-refractivity contribution in [2.45, 2.75) is 18.9 Å². The topological polar surface area (TPSA) is 74.5 Å². The largest absolute Gasteiger partial charge is 0.396 e. The first kappa shape index (κ1) is 19.5. The van der Waals surface area contributed by atoms with E-state index in [0.717, 1.165) is 31.7 Å². The number of hydrogen-bond donors (Lipinski definition) is 2. The fourth-order valence-corrected chi connectivity index (χ4v) is 5.16. The summed E-state index contributed by atoms with van der Waals surface area (Å²) in [5.74, 6) is 1.07. The third kappa shape index (κ3) is 3.68. The molecule has 0 unspecified atom stereocenters. The van der Waals surface area contributed by atoms with Gasteiger partial charge in [-0.05, 0) is 81.2 Å². The van der Waals surface area contributed by atoms with Crippen LogP contribution in [0.25, 0.3) is 11.3 Å². The van der Waals surface area contributed by atoms with Gasteiger partial charge in [-0.15, -0.1) is 0 Å². The molecule has 2 saturated heterocycles. The summed E-state index contributed by atoms with van der Waals surface area (Å²) in [6, 6.07) is 10.3. The lowest BCUT2D eigenvalue weighted by Crippen LogP contribution is -2.44. The molecular formula is C23H28FN5O. The Kier molecular flexibility index (Phi) is 4.95. The van der Waals surface area contributed by atoms with Crippen LogP contribution < -0.4 is 11.1 Å². The Bertz CT molecular complexity index is 929. The van der Waals surface area contributed by atoms with Crippen LogP contribution in [0.1, 0.15) is 12.8 Å². The molecule has 7 heteroatoms. The highest BCUT2D eigenvalue weighted by Gasteiger charge is 2.60. The molecule has 3 aliphatic rings. The van der Waals surface area contributed by atoms with Gasteiger partial charge in [0.15, 0.2) is 5.82 Å². The number of anilines is 2. The van der Waals surface area contributed by atoms with Crippen molar-refractivity contribution in [1.29, 1.82) is 0 Å². The number of carbonyl (C=O) groups excluding carboxylic acids is 1. The molecule has 1 aromatic carbocycles. The smallest absolute Gasteiger partial charge is 0.229 e. The summed E-state index contributed by atoms with van der Waals surface area (Å²) < 4.78 is 13.2. The lowest BCUT2D eigenvalue weighted by Gasteiger charge is -2.36. The highest BCUT2D eigenvalue weighted by atomic mass is 19.1. The van der Waals surface area contributed by atoms with E-state index in [2.05, 4.69) is 27.1 Å². The molecule has 3 atom stereocenters. The van der Waals surface area contributed by atoms with Crippen LogP contribution in [0.2, 0.25) is 0 Å². The van der Waals surface area contributed by atoms with E-state index in [1.54, 1.807) is 24.3 Å². The monoisotopic (exact) mass is 409 g/mol. The van der Waals surface area contributed by atoms with Crippen LogP contribution in [0.4, 0.5) is 15.9 Å². The SMILES string of the molecule is CN1CCC(N2C[C@@H]3[C@H](C2)[C@H]3C(=O)Nc2nc(-c3ccc(F)cc3)ccc2N)CC1. The Morgan fingerprint density at radius 1 is 1.10 bits per heavy atom. The third-order valence-electron chi connectivity index (χ3n) is 7.04. The van der Waals surface area contributed by atoms with Crippen LogP contribution in [-0.4, -0.2) is 60.0 Å². The molecule has 1 saturated carbocycles. The van der Waals surface area contributed by atoms with Crippen molar-refractivity contribution in [2.24, 2.45) is 17.8 Å². The summed E-state index contributed by atoms with van der Waals surface area (Å²) in [7, 11) is 2.18. The van der Waals surface area contributed by atoms with Crippen molar-refractivity contribution in [3.8, 4) is 11.3 Å². The number of nitrogen functional groups attached to an aromatic ring is 1. The highest BCUT2D eigenvalue weighted by Crippen LogP contribution is 2.53. The maximum atomic E-state index is 13.2. The predicted molar refractivity (Wildman–Crippen MR) is 115 cm³/mol. The fraction of sp³-hybridized carbons (Fsp3) is 0.478. The minimum absolute atomic E-state index is 0.0171. The van der Waals surface area contributed by atoms with Gasteiger partial charge in [0.05, 0.1) is 11.4 Å². The normalized spacial score (nSPS) is 27.1. The van der Waals surface area contributed by atoms with Crippen molar-refractivity contribution in [3.05, 3.63) is 42.2 Å². The number of nitrogens with zero attached hydrogens (tertiary/aromatic N) is 3. The summed E-state index contributed by atoms with van der Waals surface area (Å²) in [6.45, 7) is 4.37. The van der Waals surface area contributed by atoms with Crippen molar-refractivity contribution < 1.29 is 9.18 Å². The van der Waals surface area contributed by atoms with E-state index in [1.165, 1.54) is 25.0 Å². The van der Waals surface area contributed by atoms with Gasteiger partial charge in [0.1, 0.15) is 5.82 Å². The lowest BCUT2D eigenvalue weighted by molar-refractivity contribution is -0.118. The summed E-state index contributed by atoms with van der Waals surface area (Å²) in [4.78, 5) is 22.4. The highest BCUT2D eigenvalue weighted by molar-refractivity contribution is 5.96. The molecule has 6 nitrogen and oxygen atoms in total. The zero-order valence-corrected chi connectivity index (χ0v) is 17.2. The van der Waals surface area contributed by atoms with Crippen LogP contribution >= 0.6 is 0 Å². The van der Waals surface area contributed by atoms with Gasteiger partial charge in [0.25, 0.3) is 0 Å². The Balaban J connectivity index is 1.21. The number of halogens is 1. The number of pyridine rings is 1. The molecule has 2 aliphatic heterocycles. The van der Waals surface area contributed by atoms with Crippen LogP contribution in [0.5, 0.6) is 0 Å². The molecule has 1 aromatic heterocycles. The number of nitrogens with one attached hydrogen (secondary N) is 1. The minimum atomic E-state index is -0.294. The van der Waals surface area contributed by atoms with Gasteiger partial charge in [0.2, 0.25) is 5.91 Å². The molecule has 0 bridgehead atoms. The van der Waals surface area contributed by atoms with Crippen LogP contribution in [0, 0.1) is 23.6 Å². The number of carbonyl (C=O) groups is 1. The van der Waals surface area contributed by atoms with Gasteiger partial charge < -0.3 is 16.0 Å². The molecule has 2 aromatic rings. The molecule has 3 N–H and O–H groups in total. The number of aromatic nitrogens is 1. The number of likely N-dealkylation sites (tertiary alicyclic amines) is 2. The maximum Gasteiger partial charge on any atom is 0.229 e. The van der Waals surface area contributed by atoms with Gasteiger partial charge in [-0.3, -0.25) is 9.69 Å². The van der Waals surface area contributed by atoms with E-state index in [9.17, 15) is 9.18 Å². The Labute approximate surface area is 176 Å². The molecule has 1 aliphatic carbocycles. The summed E-state index contributed by atoms with van der Waals surface area (Å²) in [6.07, 6.45) is 2.45. The Morgan fingerprint density at radius 3 is 2.43 bits per heavy atom. The first-order valence-corrected chi connectivity index (χ1v) is 10.8. The summed E-state index contributed by atoms with van der Waals surface area (Å²) in [5, 5.41) is 2.95. The second kappa shape index (κ2) is 7.63. The number of nitrogens with two attached hydrogens (primary N) is 1. The number of rotatable bonds is 4. The van der Waals surface area contributed by atoms with Crippen LogP contribution in [0.3, 0.4) is 0 Å². The average Bonchev–Trinajstić information content (AvgIpc) is 3.25. The minimum Gasteiger partial charge on any atom is -0.396 e. The Morgan fingerprint density at radius 2 is 1.77 bits per heavy atom. The van der Waals surface area contributed by atoms with E-state index in [1.807, 2.05) is 0 Å². The number of benzene rings is 1.